The van der Waals surface area contributed by atoms with Crippen LogP contribution in [0.1, 0.15) is 19.3 Å². The van der Waals surface area contributed by atoms with Crippen molar-refractivity contribution >= 4 is 12.4 Å². The van der Waals surface area contributed by atoms with Crippen LogP contribution in [0.4, 0.5) is 0 Å². The maximum absolute atomic E-state index is 10.9. The zero-order chi connectivity index (χ0) is 9.42. The highest BCUT2D eigenvalue weighted by Gasteiger charge is 2.47. The lowest BCUT2D eigenvalue weighted by atomic mass is 9.94. The van der Waals surface area contributed by atoms with E-state index in [1.54, 1.807) is 0 Å². The van der Waals surface area contributed by atoms with Crippen molar-refractivity contribution in [2.45, 2.75) is 25.3 Å². The van der Waals surface area contributed by atoms with E-state index in [0.29, 0.717) is 18.9 Å². The van der Waals surface area contributed by atoms with Crippen LogP contribution >= 0.6 is 0 Å². The minimum Gasteiger partial charge on any atom is -0.480 e. The van der Waals surface area contributed by atoms with Gasteiger partial charge in [0.2, 0.25) is 6.41 Å². The molecule has 3 atom stereocenters. The summed E-state index contributed by atoms with van der Waals surface area (Å²) in [6.07, 6.45) is 3.84. The number of carbonyl (C=O) groups is 2. The topological polar surface area (TPSA) is 57.6 Å². The number of fused-ring (bicyclic) bond motifs is 1. The van der Waals surface area contributed by atoms with Gasteiger partial charge in [-0.25, -0.2) is 4.79 Å². The van der Waals surface area contributed by atoms with Crippen molar-refractivity contribution in [1.29, 1.82) is 0 Å². The minimum absolute atomic E-state index is 0.211. The van der Waals surface area contributed by atoms with E-state index in [1.807, 2.05) is 0 Å². The number of likely N-dealkylation sites (tertiary alicyclic amines) is 1. The van der Waals surface area contributed by atoms with Crippen LogP contribution in [-0.2, 0) is 9.59 Å². The largest absolute Gasteiger partial charge is 0.480 e. The van der Waals surface area contributed by atoms with Crippen LogP contribution in [0.2, 0.25) is 0 Å². The highest BCUT2D eigenvalue weighted by Crippen LogP contribution is 2.41. The van der Waals surface area contributed by atoms with Crippen molar-refractivity contribution in [3.8, 4) is 0 Å². The molecule has 1 saturated carbocycles. The van der Waals surface area contributed by atoms with E-state index in [0.717, 1.165) is 19.3 Å². The van der Waals surface area contributed by atoms with E-state index in [2.05, 4.69) is 0 Å². The molecule has 1 aliphatic carbocycles. The molecule has 1 saturated heterocycles. The molecule has 2 fully saturated rings. The van der Waals surface area contributed by atoms with Crippen molar-refractivity contribution in [3.63, 3.8) is 0 Å². The first-order valence-electron chi connectivity index (χ1n) is 4.68. The number of carbonyl (C=O) groups excluding carboxylic acids is 1. The molecule has 3 unspecified atom stereocenters. The predicted molar refractivity (Wildman–Crippen MR) is 45.0 cm³/mol. The second kappa shape index (κ2) is 3.01. The molecule has 0 aromatic rings. The van der Waals surface area contributed by atoms with Crippen molar-refractivity contribution in [2.24, 2.45) is 11.8 Å². The number of carboxylic acids is 1. The molecule has 4 nitrogen and oxygen atoms in total. The molecule has 0 aromatic heterocycles. The summed E-state index contributed by atoms with van der Waals surface area (Å²) >= 11 is 0. The van der Waals surface area contributed by atoms with Gasteiger partial charge in [0, 0.05) is 6.54 Å². The molecular formula is C9H13NO3. The van der Waals surface area contributed by atoms with E-state index in [-0.39, 0.29) is 5.92 Å². The lowest BCUT2D eigenvalue weighted by molar-refractivity contribution is -0.146. The van der Waals surface area contributed by atoms with Gasteiger partial charge in [0.1, 0.15) is 6.04 Å². The van der Waals surface area contributed by atoms with Crippen molar-refractivity contribution in [1.82, 2.24) is 4.90 Å². The molecule has 1 N–H and O–H groups in total. The second-order valence-electron chi connectivity index (χ2n) is 3.94. The Hall–Kier alpha value is -1.06. The molecule has 72 valence electrons. The summed E-state index contributed by atoms with van der Waals surface area (Å²) in [7, 11) is 0. The van der Waals surface area contributed by atoms with Crippen LogP contribution in [-0.4, -0.2) is 35.0 Å². The molecule has 0 aromatic carbocycles. The second-order valence-corrected chi connectivity index (χ2v) is 3.94. The van der Waals surface area contributed by atoms with Gasteiger partial charge in [-0.2, -0.15) is 0 Å². The van der Waals surface area contributed by atoms with Crippen molar-refractivity contribution in [3.05, 3.63) is 0 Å². The van der Waals surface area contributed by atoms with Crippen LogP contribution in [0.5, 0.6) is 0 Å². The third-order valence-corrected chi connectivity index (χ3v) is 3.31. The van der Waals surface area contributed by atoms with Gasteiger partial charge in [0.25, 0.3) is 0 Å². The number of carboxylic acid groups (broad SMARTS) is 1. The highest BCUT2D eigenvalue weighted by molar-refractivity contribution is 5.77. The van der Waals surface area contributed by atoms with Crippen molar-refractivity contribution < 1.29 is 14.7 Å². The summed E-state index contributed by atoms with van der Waals surface area (Å²) < 4.78 is 0. The van der Waals surface area contributed by atoms with E-state index in [9.17, 15) is 9.59 Å². The molecule has 2 aliphatic rings. The third-order valence-electron chi connectivity index (χ3n) is 3.31. The fourth-order valence-corrected chi connectivity index (χ4v) is 2.77. The smallest absolute Gasteiger partial charge is 0.326 e. The highest BCUT2D eigenvalue weighted by atomic mass is 16.4. The molecule has 0 spiro atoms. The van der Waals surface area contributed by atoms with Gasteiger partial charge >= 0.3 is 5.97 Å². The van der Waals surface area contributed by atoms with Crippen LogP contribution in [0, 0.1) is 11.8 Å². The number of aliphatic carboxylic acids is 1. The van der Waals surface area contributed by atoms with Gasteiger partial charge in [-0.15, -0.1) is 0 Å². The van der Waals surface area contributed by atoms with Gasteiger partial charge in [-0.1, -0.05) is 6.42 Å². The maximum atomic E-state index is 10.9. The van der Waals surface area contributed by atoms with E-state index < -0.39 is 12.0 Å². The monoisotopic (exact) mass is 183 g/mol. The number of nitrogens with zero attached hydrogens (tertiary/aromatic N) is 1. The molecular weight excluding hydrogens is 170 g/mol. The Kier molecular flexibility index (Phi) is 1.98. The van der Waals surface area contributed by atoms with Crippen LogP contribution in [0.15, 0.2) is 0 Å². The zero-order valence-corrected chi connectivity index (χ0v) is 7.35. The first-order chi connectivity index (χ1) is 6.24. The number of hydrogen-bond acceptors (Lipinski definition) is 2. The first kappa shape index (κ1) is 8.53. The van der Waals surface area contributed by atoms with Crippen LogP contribution < -0.4 is 0 Å². The molecule has 2 rings (SSSR count). The average Bonchev–Trinajstić information content (AvgIpc) is 2.59. The summed E-state index contributed by atoms with van der Waals surface area (Å²) in [5.41, 5.74) is 0. The van der Waals surface area contributed by atoms with Crippen LogP contribution in [0.3, 0.4) is 0 Å². The van der Waals surface area contributed by atoms with Gasteiger partial charge in [0.05, 0.1) is 0 Å². The fraction of sp³-hybridized carbons (Fsp3) is 0.778. The Morgan fingerprint density at radius 1 is 1.46 bits per heavy atom. The Morgan fingerprint density at radius 3 is 2.85 bits per heavy atom. The molecule has 13 heavy (non-hydrogen) atoms. The van der Waals surface area contributed by atoms with Crippen molar-refractivity contribution in [2.75, 3.05) is 6.54 Å². The molecule has 0 bridgehead atoms. The zero-order valence-electron chi connectivity index (χ0n) is 7.35. The lowest BCUT2D eigenvalue weighted by Crippen LogP contribution is -2.38. The summed E-state index contributed by atoms with van der Waals surface area (Å²) in [5, 5.41) is 8.96. The lowest BCUT2D eigenvalue weighted by Gasteiger charge is -2.19. The summed E-state index contributed by atoms with van der Waals surface area (Å²) in [4.78, 5) is 23.0. The quantitative estimate of drug-likeness (QED) is 0.627. The molecule has 0 radical (unpaired) electrons. The minimum atomic E-state index is -0.846. The molecule has 1 amide bonds. The average molecular weight is 183 g/mol. The molecule has 1 aliphatic heterocycles. The third kappa shape index (κ3) is 1.20. The van der Waals surface area contributed by atoms with E-state index in [1.165, 1.54) is 4.90 Å². The number of rotatable bonds is 2. The van der Waals surface area contributed by atoms with E-state index in [4.69, 9.17) is 5.11 Å². The Labute approximate surface area is 76.5 Å². The van der Waals surface area contributed by atoms with Crippen LogP contribution in [0.25, 0.3) is 0 Å². The fourth-order valence-electron chi connectivity index (χ4n) is 2.77. The number of amides is 1. The van der Waals surface area contributed by atoms with Gasteiger partial charge in [0.15, 0.2) is 0 Å². The van der Waals surface area contributed by atoms with E-state index >= 15 is 0 Å². The first-order valence-corrected chi connectivity index (χ1v) is 4.68. The van der Waals surface area contributed by atoms with Gasteiger partial charge < -0.3 is 10.0 Å². The normalized spacial score (nSPS) is 37.5. The SMILES string of the molecule is O=CN1CC2CCCC2C1C(=O)O. The summed E-state index contributed by atoms with van der Waals surface area (Å²) in [6, 6.07) is -0.551. The molecule has 1 heterocycles. The summed E-state index contributed by atoms with van der Waals surface area (Å²) in [6.45, 7) is 0.644. The molecule has 4 heteroatoms. The summed E-state index contributed by atoms with van der Waals surface area (Å²) in [5.74, 6) is -0.199. The predicted octanol–water partition coefficient (Wildman–Crippen LogP) is 0.328. The van der Waals surface area contributed by atoms with Gasteiger partial charge in [-0.3, -0.25) is 4.79 Å². The standard InChI is InChI=1S/C9H13NO3/c11-5-10-4-6-2-1-3-7(6)8(10)9(12)13/h5-8H,1-4H2,(H,12,13). The maximum Gasteiger partial charge on any atom is 0.326 e. The Morgan fingerprint density at radius 2 is 2.23 bits per heavy atom. The van der Waals surface area contributed by atoms with Gasteiger partial charge in [-0.05, 0) is 24.7 Å². The Bertz CT molecular complexity index is 241. The Balaban J connectivity index is 2.19. The number of hydrogen-bond donors (Lipinski definition) is 1.